The third-order valence-corrected chi connectivity index (χ3v) is 20.2. The zero-order valence-corrected chi connectivity index (χ0v) is 75.2. The van der Waals surface area contributed by atoms with Crippen molar-refractivity contribution < 1.29 is 192 Å². The lowest BCUT2D eigenvalue weighted by Gasteiger charge is -2.36. The number of halogens is 5. The number of esters is 1. The molecule has 13 atom stereocenters. The van der Waals surface area contributed by atoms with E-state index < -0.39 is 159 Å². The van der Waals surface area contributed by atoms with E-state index in [4.69, 9.17) is 80.5 Å². The molecule has 3 saturated heterocycles. The van der Waals surface area contributed by atoms with E-state index in [1.54, 1.807) is 6.08 Å². The Morgan fingerprint density at radius 1 is 0.346 bits per heavy atom. The molecule has 4 heterocycles. The van der Waals surface area contributed by atoms with Gasteiger partial charge >= 0.3 is 5.97 Å². The Morgan fingerprint density at radius 2 is 0.647 bits per heavy atom. The SMILES string of the molecule is O=C(CCCCO[C@H]1C[C@@H](O)[C@@H](O)[C@@H](CO)O1)NCCCNC(=O)CCOCC(COCCC(=O)NCCCNC(=O)CCCCO[C@H]1C[C@@H](O)[C@@H](O)[C@@H](CO)O1)(COCCC(=O)NCCCNC(=O)CCCCO[C@H]1C[C@@H](O)[C@@H](O)[C@@H](CO)O1)NC(=O)CCC1=CC(OCCOCCOCCOCCOCCOCCOCCOCCC(=O)Oc2c(F)c(F)c(F)c(F)c2F)N=N1. The number of hydrogen-bond acceptors (Lipinski definition) is 37. The average Bonchev–Trinajstić information content (AvgIpc) is 1.12. The fourth-order valence-corrected chi connectivity index (χ4v) is 12.8. The number of amides is 7. The Morgan fingerprint density at radius 3 is 0.977 bits per heavy atom. The summed E-state index contributed by atoms with van der Waals surface area (Å²) in [5.74, 6) is -16.7. The molecule has 1 aromatic rings. The predicted molar refractivity (Wildman–Crippen MR) is 450 cm³/mol. The van der Waals surface area contributed by atoms with Crippen LogP contribution in [0.3, 0.4) is 0 Å². The first-order chi connectivity index (χ1) is 64.2. The van der Waals surface area contributed by atoms with Gasteiger partial charge in [0.25, 0.3) is 0 Å². The Hall–Kier alpha value is -7.07. The van der Waals surface area contributed by atoms with E-state index in [2.05, 4.69) is 52.2 Å². The molecule has 4 aliphatic rings. The molecule has 0 spiro atoms. The van der Waals surface area contributed by atoms with E-state index in [1.807, 2.05) is 0 Å². The molecule has 0 aromatic heterocycles. The van der Waals surface area contributed by atoms with Crippen LogP contribution in [0.5, 0.6) is 5.75 Å². The number of carbonyl (C=O) groups is 8. The molecule has 0 saturated carbocycles. The first-order valence-electron chi connectivity index (χ1n) is 45.1. The van der Waals surface area contributed by atoms with Gasteiger partial charge in [0.1, 0.15) is 42.2 Å². The highest BCUT2D eigenvalue weighted by atomic mass is 19.2. The summed E-state index contributed by atoms with van der Waals surface area (Å²) in [5, 5.41) is 116. The summed E-state index contributed by atoms with van der Waals surface area (Å²) in [6.45, 7) is 2.09. The fourth-order valence-electron chi connectivity index (χ4n) is 12.8. The third kappa shape index (κ3) is 50.7. The van der Waals surface area contributed by atoms with Gasteiger partial charge in [-0.1, -0.05) is 0 Å². The Kier molecular flexibility index (Phi) is 61.7. The lowest BCUT2D eigenvalue weighted by Crippen LogP contribution is -2.58. The smallest absolute Gasteiger partial charge is 0.313 e. The predicted octanol–water partition coefficient (Wildman–Crippen LogP) is -1.74. The maximum Gasteiger partial charge on any atom is 0.313 e. The topological polar surface area (TPSA) is 594 Å². The van der Waals surface area contributed by atoms with E-state index in [9.17, 15) is 106 Å². The van der Waals surface area contributed by atoms with Crippen LogP contribution >= 0.6 is 0 Å². The van der Waals surface area contributed by atoms with Crippen LogP contribution in [0.15, 0.2) is 22.0 Å². The van der Waals surface area contributed by atoms with Crippen LogP contribution in [0.2, 0.25) is 0 Å². The van der Waals surface area contributed by atoms with E-state index in [0.29, 0.717) is 89.9 Å². The van der Waals surface area contributed by atoms with Gasteiger partial charge in [-0.05, 0) is 63.9 Å². The van der Waals surface area contributed by atoms with Crippen LogP contribution in [0.25, 0.3) is 0 Å². The number of allylic oxidation sites excluding steroid dienone is 1. The number of hydrogen-bond donors (Lipinski definition) is 16. The molecule has 764 valence electrons. The number of ether oxygens (including phenoxy) is 18. The van der Waals surface area contributed by atoms with Crippen LogP contribution in [0, 0.1) is 29.1 Å². The van der Waals surface area contributed by atoms with Gasteiger partial charge < -0.3 is 168 Å². The second-order valence-corrected chi connectivity index (χ2v) is 31.2. The van der Waals surface area contributed by atoms with Crippen LogP contribution < -0.4 is 42.0 Å². The van der Waals surface area contributed by atoms with Crippen LogP contribution in [-0.2, 0) is 119 Å². The highest BCUT2D eigenvalue weighted by molar-refractivity contribution is 5.79. The van der Waals surface area contributed by atoms with Crippen molar-refractivity contribution in [3.05, 3.63) is 40.9 Å². The van der Waals surface area contributed by atoms with Crippen molar-refractivity contribution in [1.82, 2.24) is 37.2 Å². The van der Waals surface area contributed by atoms with E-state index in [1.165, 1.54) is 0 Å². The largest absolute Gasteiger partial charge is 0.420 e. The number of carbonyl (C=O) groups excluding carboxylic acids is 8. The molecule has 1 unspecified atom stereocenters. The van der Waals surface area contributed by atoms with E-state index in [-0.39, 0.29) is 277 Å². The molecule has 16 N–H and O–H groups in total. The van der Waals surface area contributed by atoms with Gasteiger partial charge in [0.2, 0.25) is 76.2 Å². The summed E-state index contributed by atoms with van der Waals surface area (Å²) in [7, 11) is 0. The van der Waals surface area contributed by atoms with Crippen LogP contribution in [0.1, 0.15) is 135 Å². The maximum atomic E-state index is 14.2. The molecule has 133 heavy (non-hydrogen) atoms. The van der Waals surface area contributed by atoms with Crippen molar-refractivity contribution in [3.8, 4) is 5.75 Å². The van der Waals surface area contributed by atoms with Crippen molar-refractivity contribution in [2.45, 2.75) is 220 Å². The number of nitrogens with one attached hydrogen (secondary N) is 7. The Bertz CT molecular complexity index is 3280. The summed E-state index contributed by atoms with van der Waals surface area (Å²) >= 11 is 0. The van der Waals surface area contributed by atoms with Gasteiger partial charge in [-0.15, -0.1) is 0 Å². The minimum Gasteiger partial charge on any atom is -0.420 e. The molecule has 1 aromatic carbocycles. The van der Waals surface area contributed by atoms with Gasteiger partial charge in [0.15, 0.2) is 25.1 Å². The summed E-state index contributed by atoms with van der Waals surface area (Å²) in [6.07, 6.45) is -7.75. The molecule has 44 nitrogen and oxygen atoms in total. The number of aliphatic hydroxyl groups excluding tert-OH is 9. The number of aliphatic hydroxyl groups is 9. The fraction of sp³-hybridized carbons (Fsp3) is 0.810. The molecule has 0 radical (unpaired) electrons. The number of unbranched alkanes of at least 4 members (excludes halogenated alkanes) is 3. The minimum absolute atomic E-state index is 0.0200. The molecule has 7 amide bonds. The third-order valence-electron chi connectivity index (χ3n) is 20.2. The second-order valence-electron chi connectivity index (χ2n) is 31.2. The van der Waals surface area contributed by atoms with Gasteiger partial charge in [-0.3, -0.25) is 38.4 Å². The summed E-state index contributed by atoms with van der Waals surface area (Å²) in [6, 6.07) is 0. The number of rotatable bonds is 78. The summed E-state index contributed by atoms with van der Waals surface area (Å²) in [5.41, 5.74) is -1.07. The van der Waals surface area contributed by atoms with Crippen LogP contribution in [0.4, 0.5) is 22.0 Å². The molecule has 5 rings (SSSR count). The van der Waals surface area contributed by atoms with Crippen molar-refractivity contribution >= 4 is 47.3 Å². The van der Waals surface area contributed by atoms with Gasteiger partial charge in [-0.2, -0.15) is 19.0 Å². The molecule has 3 fully saturated rings. The standard InChI is InChI=1S/C84H138F5N9O35/c85-75-76(86)78(88)83(79(89)77(75)87)133-71(112)18-31-116-32-33-117-34-35-118-36-37-119-38-39-120-40-41-121-42-43-122-44-45-126-70-46-56(97-98-70)13-14-69(111)96-84(53-123-28-15-66(108)93-22-7-19-90-63(105)10-1-4-25-127-72-47-57(102)80(113)60(50-99)130-72,54-124-29-16-67(109)94-23-8-20-91-64(106)11-2-5-26-128-73-48-58(103)81(114)61(51-100)131-73)55-125-30-17-68(110)95-24-9-21-92-65(107)12-3-6-27-129-74-49-59(104)82(115)62(52-101)132-74/h46,57-62,70,72-74,80-82,99-104,113-115H,1-45,47-55H2,(H,90,105)(H,91,106)(H,92,107)(H,93,108)(H,94,109)(H,95,110)(H,96,111)/t57-,58-,59-,60-,61-,62-,70?,72-,73-,74-,80-,81-,82-/m1/s1. The average molecular weight is 1930 g/mol. The Balaban J connectivity index is 1.03. The first kappa shape index (κ1) is 116. The number of benzene rings is 1. The second kappa shape index (κ2) is 70.5. The lowest BCUT2D eigenvalue weighted by molar-refractivity contribution is -0.257. The minimum atomic E-state index is -2.38. The highest BCUT2D eigenvalue weighted by Gasteiger charge is 2.41. The molecule has 0 bridgehead atoms. The molecule has 0 aliphatic carbocycles. The summed E-state index contributed by atoms with van der Waals surface area (Å²) in [4.78, 5) is 103. The quantitative estimate of drug-likeness (QED) is 0.00859. The van der Waals surface area contributed by atoms with Crippen molar-refractivity contribution in [2.24, 2.45) is 10.2 Å². The first-order valence-corrected chi connectivity index (χ1v) is 45.1. The van der Waals surface area contributed by atoms with Crippen molar-refractivity contribution in [1.29, 1.82) is 0 Å². The summed E-state index contributed by atoms with van der Waals surface area (Å²) < 4.78 is 167. The van der Waals surface area contributed by atoms with Gasteiger partial charge in [0.05, 0.1) is 189 Å². The zero-order chi connectivity index (χ0) is 96.6. The number of nitrogens with zero attached hydrogens (tertiary/aromatic N) is 2. The maximum absolute atomic E-state index is 14.2. The highest BCUT2D eigenvalue weighted by Crippen LogP contribution is 2.31. The van der Waals surface area contributed by atoms with E-state index in [0.717, 1.165) is 0 Å². The van der Waals surface area contributed by atoms with Crippen molar-refractivity contribution in [2.75, 3.05) is 218 Å². The van der Waals surface area contributed by atoms with Gasteiger partial charge in [-0.25, -0.2) is 13.2 Å². The lowest BCUT2D eigenvalue weighted by atomic mass is 10.0. The van der Waals surface area contributed by atoms with Gasteiger partial charge in [0, 0.05) is 130 Å². The normalized spacial score (nSPS) is 21.3. The Labute approximate surface area is 768 Å². The van der Waals surface area contributed by atoms with E-state index >= 15 is 0 Å². The molecule has 4 aliphatic heterocycles. The molecular weight excluding hydrogens is 1790 g/mol. The molecular formula is C84H138F5N9O35. The van der Waals surface area contributed by atoms with Crippen molar-refractivity contribution in [3.63, 3.8) is 0 Å². The monoisotopic (exact) mass is 1930 g/mol. The zero-order valence-electron chi connectivity index (χ0n) is 75.2. The molecule has 49 heteroatoms. The number of azo groups is 1. The van der Waals surface area contributed by atoms with Crippen LogP contribution in [-0.4, -0.2) is 397 Å².